The number of pyridine rings is 1. The van der Waals surface area contributed by atoms with Crippen LogP contribution in [0.15, 0.2) is 12.3 Å². The highest BCUT2D eigenvalue weighted by atomic mass is 35.5. The largest absolute Gasteiger partial charge is 0.316 e. The third-order valence-corrected chi connectivity index (χ3v) is 3.21. The van der Waals surface area contributed by atoms with Crippen LogP contribution in [0, 0.1) is 5.41 Å². The molecule has 2 nitrogen and oxygen atoms in total. The van der Waals surface area contributed by atoms with Crippen LogP contribution < -0.4 is 5.32 Å². The molecule has 0 aromatic carbocycles. The number of nitrogens with one attached hydrogen (secondary N) is 1. The van der Waals surface area contributed by atoms with Gasteiger partial charge in [0.1, 0.15) is 0 Å². The highest BCUT2D eigenvalue weighted by Gasteiger charge is 2.24. The Kier molecular flexibility index (Phi) is 4.60. The van der Waals surface area contributed by atoms with Crippen LogP contribution >= 0.6 is 23.2 Å². The van der Waals surface area contributed by atoms with Crippen molar-refractivity contribution >= 4 is 23.2 Å². The minimum absolute atomic E-state index is 0.166. The summed E-state index contributed by atoms with van der Waals surface area (Å²) >= 11 is 11.9. The standard InChI is InChI=1S/C12H18Cl2N2/c1-12(2,3)11(15-4)6-10-9(14)5-8(13)7-16-10/h5,7,11,15H,6H2,1-4H3. The Morgan fingerprint density at radius 3 is 2.44 bits per heavy atom. The zero-order valence-corrected chi connectivity index (χ0v) is 11.7. The Hall–Kier alpha value is -0.310. The van der Waals surface area contributed by atoms with Crippen LogP contribution in [-0.4, -0.2) is 18.1 Å². The second kappa shape index (κ2) is 5.35. The Morgan fingerprint density at radius 1 is 1.38 bits per heavy atom. The van der Waals surface area contributed by atoms with E-state index >= 15 is 0 Å². The molecule has 1 N–H and O–H groups in total. The van der Waals surface area contributed by atoms with Gasteiger partial charge >= 0.3 is 0 Å². The molecule has 0 saturated heterocycles. The molecule has 0 fully saturated rings. The molecule has 0 aliphatic heterocycles. The van der Waals surface area contributed by atoms with Crippen LogP contribution in [0.2, 0.25) is 10.0 Å². The predicted molar refractivity (Wildman–Crippen MR) is 70.3 cm³/mol. The number of halogens is 2. The van der Waals surface area contributed by atoms with E-state index in [2.05, 4.69) is 31.1 Å². The first kappa shape index (κ1) is 13.8. The second-order valence-corrected chi connectivity index (χ2v) is 5.84. The summed E-state index contributed by atoms with van der Waals surface area (Å²) < 4.78 is 0. The summed E-state index contributed by atoms with van der Waals surface area (Å²) in [6, 6.07) is 2.07. The van der Waals surface area contributed by atoms with Gasteiger partial charge in [0.2, 0.25) is 0 Å². The molecule has 0 spiro atoms. The van der Waals surface area contributed by atoms with Crippen LogP contribution in [0.25, 0.3) is 0 Å². The number of nitrogens with zero attached hydrogens (tertiary/aromatic N) is 1. The van der Waals surface area contributed by atoms with Gasteiger partial charge in [0.05, 0.1) is 15.7 Å². The maximum absolute atomic E-state index is 6.11. The predicted octanol–water partition coefficient (Wildman–Crippen LogP) is 3.57. The Balaban J connectivity index is 2.86. The van der Waals surface area contributed by atoms with Crippen molar-refractivity contribution in [1.82, 2.24) is 10.3 Å². The van der Waals surface area contributed by atoms with E-state index in [0.717, 1.165) is 12.1 Å². The fourth-order valence-electron chi connectivity index (χ4n) is 1.63. The molecule has 16 heavy (non-hydrogen) atoms. The lowest BCUT2D eigenvalue weighted by Crippen LogP contribution is -2.40. The molecule has 0 aliphatic rings. The minimum atomic E-state index is 0.166. The van der Waals surface area contributed by atoms with Gasteiger partial charge in [0.25, 0.3) is 0 Å². The van der Waals surface area contributed by atoms with Gasteiger partial charge in [-0.2, -0.15) is 0 Å². The lowest BCUT2D eigenvalue weighted by Gasteiger charge is -2.30. The summed E-state index contributed by atoms with van der Waals surface area (Å²) in [6.07, 6.45) is 2.44. The quantitative estimate of drug-likeness (QED) is 0.899. The molecule has 1 aromatic heterocycles. The van der Waals surface area contributed by atoms with Crippen LogP contribution in [0.4, 0.5) is 0 Å². The van der Waals surface area contributed by atoms with Crippen molar-refractivity contribution in [2.75, 3.05) is 7.05 Å². The van der Waals surface area contributed by atoms with Gasteiger partial charge in [-0.05, 0) is 18.5 Å². The topological polar surface area (TPSA) is 24.9 Å². The van der Waals surface area contributed by atoms with Gasteiger partial charge in [-0.3, -0.25) is 4.98 Å². The molecular weight excluding hydrogens is 243 g/mol. The summed E-state index contributed by atoms with van der Waals surface area (Å²) in [4.78, 5) is 4.28. The number of aromatic nitrogens is 1. The Labute approximate surface area is 107 Å². The average Bonchev–Trinajstić information content (AvgIpc) is 2.14. The zero-order chi connectivity index (χ0) is 12.3. The van der Waals surface area contributed by atoms with Crippen molar-refractivity contribution in [2.45, 2.75) is 33.2 Å². The van der Waals surface area contributed by atoms with Crippen LogP contribution in [0.3, 0.4) is 0 Å². The first-order valence-corrected chi connectivity index (χ1v) is 6.07. The van der Waals surface area contributed by atoms with Crippen LogP contribution in [0.1, 0.15) is 26.5 Å². The van der Waals surface area contributed by atoms with Gasteiger partial charge in [-0.1, -0.05) is 44.0 Å². The van der Waals surface area contributed by atoms with E-state index < -0.39 is 0 Å². The fraction of sp³-hybridized carbons (Fsp3) is 0.583. The normalized spacial score (nSPS) is 13.9. The van der Waals surface area contributed by atoms with Gasteiger partial charge in [0, 0.05) is 18.7 Å². The van der Waals surface area contributed by atoms with Crippen molar-refractivity contribution in [3.63, 3.8) is 0 Å². The lowest BCUT2D eigenvalue weighted by molar-refractivity contribution is 0.278. The summed E-state index contributed by atoms with van der Waals surface area (Å²) in [5.74, 6) is 0. The van der Waals surface area contributed by atoms with E-state index in [0.29, 0.717) is 16.1 Å². The molecule has 1 atom stereocenters. The second-order valence-electron chi connectivity index (χ2n) is 4.99. The average molecular weight is 261 g/mol. The number of hydrogen-bond donors (Lipinski definition) is 1. The fourth-order valence-corrected chi connectivity index (χ4v) is 2.08. The molecule has 4 heteroatoms. The van der Waals surface area contributed by atoms with E-state index in [-0.39, 0.29) is 5.41 Å². The molecule has 1 heterocycles. The highest BCUT2D eigenvalue weighted by molar-refractivity contribution is 6.34. The first-order chi connectivity index (χ1) is 7.34. The van der Waals surface area contributed by atoms with Crippen molar-refractivity contribution in [1.29, 1.82) is 0 Å². The number of hydrogen-bond acceptors (Lipinski definition) is 2. The summed E-state index contributed by atoms with van der Waals surface area (Å²) in [6.45, 7) is 6.58. The van der Waals surface area contributed by atoms with Gasteiger partial charge in [-0.25, -0.2) is 0 Å². The van der Waals surface area contributed by atoms with Crippen molar-refractivity contribution < 1.29 is 0 Å². The van der Waals surface area contributed by atoms with Crippen LogP contribution in [0.5, 0.6) is 0 Å². The Morgan fingerprint density at radius 2 is 2.00 bits per heavy atom. The summed E-state index contributed by atoms with van der Waals surface area (Å²) in [5.41, 5.74) is 1.06. The van der Waals surface area contributed by atoms with Gasteiger partial charge in [-0.15, -0.1) is 0 Å². The monoisotopic (exact) mass is 260 g/mol. The molecule has 0 amide bonds. The molecule has 1 unspecified atom stereocenters. The zero-order valence-electron chi connectivity index (χ0n) is 10.1. The molecular formula is C12H18Cl2N2. The third-order valence-electron chi connectivity index (χ3n) is 2.68. The summed E-state index contributed by atoms with van der Waals surface area (Å²) in [7, 11) is 1.96. The Bertz CT molecular complexity index is 359. The van der Waals surface area contributed by atoms with E-state index in [9.17, 15) is 0 Å². The van der Waals surface area contributed by atoms with E-state index in [1.54, 1.807) is 12.3 Å². The maximum Gasteiger partial charge on any atom is 0.0636 e. The molecule has 90 valence electrons. The molecule has 0 bridgehead atoms. The number of rotatable bonds is 3. The van der Waals surface area contributed by atoms with Gasteiger partial charge < -0.3 is 5.32 Å². The molecule has 0 aliphatic carbocycles. The van der Waals surface area contributed by atoms with Crippen LogP contribution in [-0.2, 0) is 6.42 Å². The van der Waals surface area contributed by atoms with E-state index in [1.807, 2.05) is 7.05 Å². The maximum atomic E-state index is 6.11. The van der Waals surface area contributed by atoms with Gasteiger partial charge in [0.15, 0.2) is 0 Å². The minimum Gasteiger partial charge on any atom is -0.316 e. The molecule has 0 radical (unpaired) electrons. The van der Waals surface area contributed by atoms with Crippen molar-refractivity contribution in [2.24, 2.45) is 5.41 Å². The first-order valence-electron chi connectivity index (χ1n) is 5.31. The number of likely N-dealkylation sites (N-methyl/N-ethyl adjacent to an activating group) is 1. The molecule has 1 aromatic rings. The third kappa shape index (κ3) is 3.62. The molecule has 0 saturated carbocycles. The SMILES string of the molecule is CNC(Cc1ncc(Cl)cc1Cl)C(C)(C)C. The highest BCUT2D eigenvalue weighted by Crippen LogP contribution is 2.25. The molecule has 1 rings (SSSR count). The smallest absolute Gasteiger partial charge is 0.0636 e. The van der Waals surface area contributed by atoms with E-state index in [1.165, 1.54) is 0 Å². The van der Waals surface area contributed by atoms with Crippen molar-refractivity contribution in [3.05, 3.63) is 28.0 Å². The van der Waals surface area contributed by atoms with Crippen molar-refractivity contribution in [3.8, 4) is 0 Å². The van der Waals surface area contributed by atoms with E-state index in [4.69, 9.17) is 23.2 Å². The summed E-state index contributed by atoms with van der Waals surface area (Å²) in [5, 5.41) is 4.51. The lowest BCUT2D eigenvalue weighted by atomic mass is 9.84.